The lowest BCUT2D eigenvalue weighted by Crippen LogP contribution is -2.26. The molecule has 0 saturated heterocycles. The molecule has 4 heteroatoms. The maximum atomic E-state index is 9.30. The number of aliphatic hydroxyl groups excluding tert-OH is 1. The molecule has 0 radical (unpaired) electrons. The van der Waals surface area contributed by atoms with Gasteiger partial charge in [-0.05, 0) is 35.0 Å². The topological polar surface area (TPSA) is 81.5 Å². The molecule has 17 heavy (non-hydrogen) atoms. The summed E-state index contributed by atoms with van der Waals surface area (Å²) in [5.41, 5.74) is 11.7. The van der Waals surface area contributed by atoms with Crippen molar-refractivity contribution in [3.8, 4) is 5.75 Å². The van der Waals surface area contributed by atoms with Gasteiger partial charge in [-0.15, -0.1) is 0 Å². The van der Waals surface area contributed by atoms with Crippen molar-refractivity contribution in [2.24, 2.45) is 5.73 Å². The largest absolute Gasteiger partial charge is 0.491 e. The van der Waals surface area contributed by atoms with Crippen molar-refractivity contribution in [2.45, 2.75) is 6.10 Å². The van der Waals surface area contributed by atoms with E-state index in [1.54, 1.807) is 0 Å². The zero-order chi connectivity index (χ0) is 12.3. The number of fused-ring (bicyclic) bond motifs is 1. The fraction of sp³-hybridized carbons (Fsp3) is 0.231. The predicted molar refractivity (Wildman–Crippen MR) is 68.9 cm³/mol. The molecule has 2 rings (SSSR count). The van der Waals surface area contributed by atoms with Gasteiger partial charge in [0.05, 0.1) is 0 Å². The van der Waals surface area contributed by atoms with Crippen LogP contribution in [0.2, 0.25) is 0 Å². The molecule has 1 atom stereocenters. The zero-order valence-electron chi connectivity index (χ0n) is 9.47. The Morgan fingerprint density at radius 3 is 2.59 bits per heavy atom. The summed E-state index contributed by atoms with van der Waals surface area (Å²) in [6.45, 7) is 0.404. The Kier molecular flexibility index (Phi) is 3.46. The predicted octanol–water partition coefficient (Wildman–Crippen LogP) is 1.12. The highest BCUT2D eigenvalue weighted by Crippen LogP contribution is 2.22. The van der Waals surface area contributed by atoms with Gasteiger partial charge in [0, 0.05) is 12.2 Å². The van der Waals surface area contributed by atoms with Gasteiger partial charge in [-0.2, -0.15) is 0 Å². The number of rotatable bonds is 4. The van der Waals surface area contributed by atoms with Crippen LogP contribution in [0.25, 0.3) is 10.8 Å². The van der Waals surface area contributed by atoms with E-state index in [1.165, 1.54) is 0 Å². The Morgan fingerprint density at radius 2 is 1.82 bits per heavy atom. The summed E-state index contributed by atoms with van der Waals surface area (Å²) >= 11 is 0. The highest BCUT2D eigenvalue weighted by molar-refractivity contribution is 5.86. The summed E-state index contributed by atoms with van der Waals surface area (Å²) in [5, 5.41) is 11.4. The van der Waals surface area contributed by atoms with Crippen LogP contribution in [0.3, 0.4) is 0 Å². The highest BCUT2D eigenvalue weighted by atomic mass is 16.5. The molecule has 1 unspecified atom stereocenters. The van der Waals surface area contributed by atoms with Crippen molar-refractivity contribution >= 4 is 16.5 Å². The molecule has 0 bridgehead atoms. The first-order chi connectivity index (χ1) is 8.19. The van der Waals surface area contributed by atoms with E-state index in [-0.39, 0.29) is 13.2 Å². The third kappa shape index (κ3) is 2.87. The zero-order valence-corrected chi connectivity index (χ0v) is 9.47. The third-order valence-electron chi connectivity index (χ3n) is 2.55. The number of aliphatic hydroxyl groups is 1. The summed E-state index contributed by atoms with van der Waals surface area (Å²) < 4.78 is 5.44. The van der Waals surface area contributed by atoms with E-state index in [1.807, 2.05) is 36.4 Å². The lowest BCUT2D eigenvalue weighted by Gasteiger charge is -2.10. The average Bonchev–Trinajstić information content (AvgIpc) is 2.35. The van der Waals surface area contributed by atoms with Gasteiger partial charge < -0.3 is 21.3 Å². The van der Waals surface area contributed by atoms with Crippen LogP contribution in [-0.2, 0) is 0 Å². The second-order valence-electron chi connectivity index (χ2n) is 3.97. The second kappa shape index (κ2) is 5.03. The summed E-state index contributed by atoms with van der Waals surface area (Å²) in [4.78, 5) is 0. The van der Waals surface area contributed by atoms with Crippen molar-refractivity contribution in [1.29, 1.82) is 0 Å². The smallest absolute Gasteiger partial charge is 0.120 e. The number of anilines is 1. The first kappa shape index (κ1) is 11.7. The van der Waals surface area contributed by atoms with E-state index >= 15 is 0 Å². The molecule has 0 heterocycles. The Labute approximate surface area is 99.8 Å². The van der Waals surface area contributed by atoms with E-state index < -0.39 is 6.10 Å². The summed E-state index contributed by atoms with van der Waals surface area (Å²) in [6, 6.07) is 11.4. The monoisotopic (exact) mass is 232 g/mol. The molecule has 0 aliphatic rings. The van der Waals surface area contributed by atoms with Gasteiger partial charge in [0.25, 0.3) is 0 Å². The molecule has 0 spiro atoms. The molecule has 4 nitrogen and oxygen atoms in total. The third-order valence-corrected chi connectivity index (χ3v) is 2.55. The number of ether oxygens (including phenoxy) is 1. The average molecular weight is 232 g/mol. The molecule has 0 aromatic heterocycles. The molecule has 5 N–H and O–H groups in total. The normalized spacial score (nSPS) is 12.6. The first-order valence-electron chi connectivity index (χ1n) is 5.49. The lowest BCUT2D eigenvalue weighted by molar-refractivity contribution is 0.114. The molecule has 0 fully saturated rings. The van der Waals surface area contributed by atoms with Gasteiger partial charge in [-0.3, -0.25) is 0 Å². The van der Waals surface area contributed by atoms with Crippen molar-refractivity contribution in [3.63, 3.8) is 0 Å². The molecule has 2 aromatic rings. The number of hydrogen-bond donors (Lipinski definition) is 3. The molecule has 90 valence electrons. The van der Waals surface area contributed by atoms with E-state index in [9.17, 15) is 5.11 Å². The van der Waals surface area contributed by atoms with Crippen LogP contribution in [0.4, 0.5) is 5.69 Å². The SMILES string of the molecule is NCC(O)COc1ccc2cc(N)ccc2c1. The van der Waals surface area contributed by atoms with Crippen LogP contribution in [-0.4, -0.2) is 24.4 Å². The minimum atomic E-state index is -0.628. The van der Waals surface area contributed by atoms with Crippen LogP contribution < -0.4 is 16.2 Å². The minimum Gasteiger partial charge on any atom is -0.491 e. The fourth-order valence-corrected chi connectivity index (χ4v) is 1.59. The highest BCUT2D eigenvalue weighted by Gasteiger charge is 2.03. The number of nitrogen functional groups attached to an aromatic ring is 1. The maximum Gasteiger partial charge on any atom is 0.120 e. The molecule has 2 aromatic carbocycles. The van der Waals surface area contributed by atoms with Gasteiger partial charge in [0.1, 0.15) is 18.5 Å². The number of benzene rings is 2. The van der Waals surface area contributed by atoms with Gasteiger partial charge in [-0.25, -0.2) is 0 Å². The van der Waals surface area contributed by atoms with Crippen molar-refractivity contribution in [2.75, 3.05) is 18.9 Å². The Balaban J connectivity index is 2.17. The second-order valence-corrected chi connectivity index (χ2v) is 3.97. The summed E-state index contributed by atoms with van der Waals surface area (Å²) in [7, 11) is 0. The van der Waals surface area contributed by atoms with Crippen LogP contribution in [0.1, 0.15) is 0 Å². The molecule has 0 saturated carbocycles. The quantitative estimate of drug-likeness (QED) is 0.690. The Morgan fingerprint density at radius 1 is 1.12 bits per heavy atom. The minimum absolute atomic E-state index is 0.199. The van der Waals surface area contributed by atoms with Crippen LogP contribution in [0.5, 0.6) is 5.75 Å². The molecule has 0 aliphatic heterocycles. The van der Waals surface area contributed by atoms with E-state index in [0.29, 0.717) is 0 Å². The number of hydrogen-bond acceptors (Lipinski definition) is 4. The maximum absolute atomic E-state index is 9.30. The van der Waals surface area contributed by atoms with E-state index in [2.05, 4.69) is 0 Å². The number of nitrogens with two attached hydrogens (primary N) is 2. The van der Waals surface area contributed by atoms with Gasteiger partial charge >= 0.3 is 0 Å². The molecular formula is C13H16N2O2. The fourth-order valence-electron chi connectivity index (χ4n) is 1.59. The summed E-state index contributed by atoms with van der Waals surface area (Å²) in [6.07, 6.45) is -0.628. The Bertz CT molecular complexity index is 514. The summed E-state index contributed by atoms with van der Waals surface area (Å²) in [5.74, 6) is 0.717. The van der Waals surface area contributed by atoms with Gasteiger partial charge in [0.2, 0.25) is 0 Å². The molecule has 0 amide bonds. The van der Waals surface area contributed by atoms with Gasteiger partial charge in [-0.1, -0.05) is 12.1 Å². The van der Waals surface area contributed by atoms with Crippen molar-refractivity contribution < 1.29 is 9.84 Å². The molecule has 0 aliphatic carbocycles. The Hall–Kier alpha value is -1.78. The van der Waals surface area contributed by atoms with Crippen LogP contribution in [0.15, 0.2) is 36.4 Å². The van der Waals surface area contributed by atoms with Crippen LogP contribution in [0, 0.1) is 0 Å². The van der Waals surface area contributed by atoms with Crippen molar-refractivity contribution in [3.05, 3.63) is 36.4 Å². The lowest BCUT2D eigenvalue weighted by atomic mass is 10.1. The standard InChI is InChI=1S/C13H16N2O2/c14-7-12(16)8-17-13-4-2-9-5-11(15)3-1-10(9)6-13/h1-6,12,16H,7-8,14-15H2. The molecular weight excluding hydrogens is 216 g/mol. The van der Waals surface area contributed by atoms with Crippen molar-refractivity contribution in [1.82, 2.24) is 0 Å². The first-order valence-corrected chi connectivity index (χ1v) is 5.49. The van der Waals surface area contributed by atoms with Crippen LogP contribution >= 0.6 is 0 Å². The van der Waals surface area contributed by atoms with Gasteiger partial charge in [0.15, 0.2) is 0 Å². The van der Waals surface area contributed by atoms with E-state index in [0.717, 1.165) is 22.2 Å². The van der Waals surface area contributed by atoms with E-state index in [4.69, 9.17) is 16.2 Å².